The Balaban J connectivity index is 0.000000187. The van der Waals surface area contributed by atoms with Gasteiger partial charge in [0.05, 0.1) is 0 Å². The van der Waals surface area contributed by atoms with Gasteiger partial charge in [0.15, 0.2) is 0 Å². The summed E-state index contributed by atoms with van der Waals surface area (Å²) in [4.78, 5) is 0. The molecule has 1 aromatic heterocycles. The van der Waals surface area contributed by atoms with Gasteiger partial charge in [-0.2, -0.15) is 0 Å². The summed E-state index contributed by atoms with van der Waals surface area (Å²) < 4.78 is 4.86. The number of aromatic nitrogens is 1. The molecule has 0 N–H and O–H groups in total. The number of fused-ring (bicyclic) bond motifs is 4. The van der Waals surface area contributed by atoms with E-state index in [-0.39, 0.29) is 0 Å². The third-order valence-corrected chi connectivity index (χ3v) is 13.6. The Hall–Kier alpha value is -4.00. The van der Waals surface area contributed by atoms with Crippen LogP contribution in [0, 0.1) is 0 Å². The number of rotatable bonds is 6. The number of nitrogens with zero attached hydrogens (tertiary/aromatic N) is 1. The molecule has 1 unspecified atom stereocenters. The van der Waals surface area contributed by atoms with Gasteiger partial charge in [-0.15, -0.1) is 0 Å². The van der Waals surface area contributed by atoms with Crippen molar-refractivity contribution in [1.29, 1.82) is 0 Å². The standard InChI is InChI=1S/C21H14N.C14H14.C7H9.Zr/c1-2-8-16-14-17(13-15(16)7-1)22-20-11-5-3-9-18(20)19-10-4-6-12-21(19)22;1-3-7-13(8-4-1)11-12-14-9-5-2-6-10-14;1-6-4-3-5-7(6)2;/h1-14H;1-10H,11-12H2;4H,3H2,1-2H3;. The van der Waals surface area contributed by atoms with Crippen LogP contribution >= 0.6 is 0 Å². The molecule has 0 saturated carbocycles. The summed E-state index contributed by atoms with van der Waals surface area (Å²) in [6.07, 6.45) is 8.32. The first kappa shape index (κ1) is 28.8. The molecule has 8 rings (SSSR count). The van der Waals surface area contributed by atoms with Crippen LogP contribution in [0.15, 0.2) is 154 Å². The minimum absolute atomic E-state index is 0.549. The van der Waals surface area contributed by atoms with Crippen LogP contribution in [-0.4, -0.2) is 4.57 Å². The van der Waals surface area contributed by atoms with Gasteiger partial charge in [-0.05, 0) is 24.0 Å². The van der Waals surface area contributed by atoms with Gasteiger partial charge in [-0.25, -0.2) is 0 Å². The molecule has 0 spiro atoms. The minimum Gasteiger partial charge on any atom is -0.0622 e. The van der Waals surface area contributed by atoms with Crippen molar-refractivity contribution in [3.05, 3.63) is 176 Å². The minimum atomic E-state index is -0.840. The van der Waals surface area contributed by atoms with Crippen molar-refractivity contribution in [2.45, 2.75) is 36.7 Å². The van der Waals surface area contributed by atoms with Crippen molar-refractivity contribution in [3.63, 3.8) is 0 Å². The first-order valence-corrected chi connectivity index (χ1v) is 18.3. The Labute approximate surface area is 272 Å². The van der Waals surface area contributed by atoms with E-state index in [0.717, 1.165) is 12.8 Å². The molecule has 0 amide bonds. The summed E-state index contributed by atoms with van der Waals surface area (Å²) >= 11 is -0.840. The molecule has 0 aliphatic heterocycles. The molecular formula is C42H37NZr. The van der Waals surface area contributed by atoms with Crippen molar-refractivity contribution in [2.75, 3.05) is 0 Å². The van der Waals surface area contributed by atoms with E-state index >= 15 is 0 Å². The molecule has 1 atom stereocenters. The third kappa shape index (κ3) is 5.77. The maximum Gasteiger partial charge on any atom is -0.0238 e. The van der Waals surface area contributed by atoms with Gasteiger partial charge in [-0.3, -0.25) is 0 Å². The molecule has 214 valence electrons. The van der Waals surface area contributed by atoms with E-state index in [2.05, 4.69) is 164 Å². The summed E-state index contributed by atoms with van der Waals surface area (Å²) in [6, 6.07) is 48.1. The third-order valence-electron chi connectivity index (χ3n) is 9.11. The van der Waals surface area contributed by atoms with Gasteiger partial charge in [-0.1, -0.05) is 60.7 Å². The van der Waals surface area contributed by atoms with Crippen LogP contribution in [-0.2, 0) is 36.1 Å². The summed E-state index contributed by atoms with van der Waals surface area (Å²) in [6.45, 7) is 4.60. The van der Waals surface area contributed by atoms with Crippen LogP contribution in [0.2, 0.25) is 0 Å². The molecule has 0 fully saturated rings. The van der Waals surface area contributed by atoms with Gasteiger partial charge in [0.25, 0.3) is 0 Å². The Bertz CT molecular complexity index is 1930. The first-order valence-electron chi connectivity index (χ1n) is 15.7. The molecule has 2 heteroatoms. The molecule has 0 saturated heterocycles. The summed E-state index contributed by atoms with van der Waals surface area (Å²) in [5.41, 5.74) is 12.9. The van der Waals surface area contributed by atoms with E-state index in [1.807, 2.05) is 0 Å². The normalized spacial score (nSPS) is 15.5. The van der Waals surface area contributed by atoms with Crippen LogP contribution in [0.25, 0.3) is 33.6 Å². The monoisotopic (exact) mass is 645 g/mol. The van der Waals surface area contributed by atoms with E-state index in [9.17, 15) is 0 Å². The molecule has 6 aromatic rings. The Morgan fingerprint density at radius 1 is 0.614 bits per heavy atom. The number of aryl methyl sites for hydroxylation is 2. The fraction of sp³-hybridized carbons (Fsp3) is 0.143. The van der Waals surface area contributed by atoms with Gasteiger partial charge in [0.2, 0.25) is 0 Å². The summed E-state index contributed by atoms with van der Waals surface area (Å²) in [5, 5.41) is 2.70. The predicted molar refractivity (Wildman–Crippen MR) is 184 cm³/mol. The van der Waals surface area contributed by atoms with Crippen LogP contribution in [0.5, 0.6) is 0 Å². The Kier molecular flexibility index (Phi) is 8.45. The molecule has 0 radical (unpaired) electrons. The molecule has 0 bridgehead atoms. The van der Waals surface area contributed by atoms with Crippen molar-refractivity contribution >= 4 is 33.6 Å². The molecule has 44 heavy (non-hydrogen) atoms. The first-order chi connectivity index (χ1) is 21.7. The van der Waals surface area contributed by atoms with Crippen molar-refractivity contribution in [2.24, 2.45) is 0 Å². The van der Waals surface area contributed by atoms with Crippen LogP contribution < -0.4 is 0 Å². The molecule has 2 aliphatic rings. The number of hydrogen-bond donors (Lipinski definition) is 0. The zero-order chi connectivity index (χ0) is 29.9. The van der Waals surface area contributed by atoms with E-state index in [1.165, 1.54) is 61.8 Å². The van der Waals surface area contributed by atoms with E-state index in [0.29, 0.717) is 3.63 Å². The molecule has 2 aliphatic carbocycles. The SMILES string of the molecule is CC1=CC[C]([Zr][CH]2C(n3c4ccccc4c4ccccc43)=Cc3ccccc32)=C1C.c1ccc(CCc2ccccc2)cc1. The molecular weight excluding hydrogens is 610 g/mol. The van der Waals surface area contributed by atoms with E-state index in [1.54, 1.807) is 8.85 Å². The van der Waals surface area contributed by atoms with Crippen molar-refractivity contribution in [1.82, 2.24) is 4.57 Å². The maximum atomic E-state index is 2.56. The quantitative estimate of drug-likeness (QED) is 0.170. The number of benzene rings is 5. The molecule has 1 heterocycles. The van der Waals surface area contributed by atoms with E-state index in [4.69, 9.17) is 0 Å². The van der Waals surface area contributed by atoms with Crippen LogP contribution in [0.4, 0.5) is 0 Å². The Morgan fingerprint density at radius 3 is 1.70 bits per heavy atom. The van der Waals surface area contributed by atoms with Crippen LogP contribution in [0.3, 0.4) is 0 Å². The zero-order valence-corrected chi connectivity index (χ0v) is 28.0. The summed E-state index contributed by atoms with van der Waals surface area (Å²) in [5.74, 6) is 0. The van der Waals surface area contributed by atoms with Gasteiger partial charge < -0.3 is 0 Å². The molecule has 5 aromatic carbocycles. The maximum absolute atomic E-state index is 2.56. The number of hydrogen-bond acceptors (Lipinski definition) is 0. The van der Waals surface area contributed by atoms with Gasteiger partial charge >= 0.3 is 190 Å². The summed E-state index contributed by atoms with van der Waals surface area (Å²) in [7, 11) is 0. The number of allylic oxidation sites excluding steroid dienone is 5. The smallest absolute Gasteiger partial charge is 0.0238 e. The fourth-order valence-corrected chi connectivity index (χ4v) is 10.9. The fourth-order valence-electron chi connectivity index (χ4n) is 6.57. The van der Waals surface area contributed by atoms with Crippen molar-refractivity contribution in [3.8, 4) is 0 Å². The molecule has 1 nitrogen and oxygen atoms in total. The second kappa shape index (κ2) is 12.9. The van der Waals surface area contributed by atoms with Gasteiger partial charge in [0, 0.05) is 0 Å². The van der Waals surface area contributed by atoms with E-state index < -0.39 is 23.2 Å². The van der Waals surface area contributed by atoms with Crippen LogP contribution in [0.1, 0.15) is 46.1 Å². The van der Waals surface area contributed by atoms with Gasteiger partial charge in [0.1, 0.15) is 0 Å². The average molecular weight is 647 g/mol. The number of para-hydroxylation sites is 2. The predicted octanol–water partition coefficient (Wildman–Crippen LogP) is 11.0. The second-order valence-corrected chi connectivity index (χ2v) is 15.4. The Morgan fingerprint density at radius 2 is 1.14 bits per heavy atom. The van der Waals surface area contributed by atoms with Crippen molar-refractivity contribution < 1.29 is 23.2 Å². The largest absolute Gasteiger partial charge is 0.0622 e. The second-order valence-electron chi connectivity index (χ2n) is 11.8. The average Bonchev–Trinajstić information content (AvgIpc) is 3.72. The topological polar surface area (TPSA) is 4.93 Å². The zero-order valence-electron chi connectivity index (χ0n) is 25.5.